The van der Waals surface area contributed by atoms with E-state index in [0.717, 1.165) is 76.6 Å². The maximum Gasteiger partial charge on any atom is 0.333 e. The number of rotatable bonds is 17. The summed E-state index contributed by atoms with van der Waals surface area (Å²) in [5.74, 6) is 0.419. The van der Waals surface area contributed by atoms with Gasteiger partial charge in [-0.1, -0.05) is 22.0 Å². The normalized spacial score (nSPS) is 15.1. The van der Waals surface area contributed by atoms with Crippen molar-refractivity contribution in [1.29, 1.82) is 0 Å². The van der Waals surface area contributed by atoms with E-state index in [4.69, 9.17) is 18.9 Å². The van der Waals surface area contributed by atoms with Crippen LogP contribution < -0.4 is 19.7 Å². The first-order valence-electron chi connectivity index (χ1n) is 19.0. The maximum absolute atomic E-state index is 13.5. The van der Waals surface area contributed by atoms with Gasteiger partial charge in [0.2, 0.25) is 0 Å². The number of aryl methyl sites for hydroxylation is 2. The van der Waals surface area contributed by atoms with Gasteiger partial charge in [0.1, 0.15) is 18.1 Å². The Bertz CT molecular complexity index is 2280. The van der Waals surface area contributed by atoms with Gasteiger partial charge in [-0.25, -0.2) is 17.9 Å². The minimum atomic E-state index is -4.10. The van der Waals surface area contributed by atoms with Gasteiger partial charge in [0.15, 0.2) is 0 Å². The SMILES string of the molecule is O=C(Nc1c2c(cc3c1CCC3)CCC2)NS(=O)(=O)c1ccc(OCCOCCOCCOCCN2C(=O)/C(=C/c3cc(Br)c(O)c(Br)c3)c3cc(Br)ccc32)cc1. The van der Waals surface area contributed by atoms with Crippen LogP contribution in [0, 0.1) is 0 Å². The highest BCUT2D eigenvalue weighted by Crippen LogP contribution is 2.41. The van der Waals surface area contributed by atoms with Gasteiger partial charge in [-0.2, -0.15) is 0 Å². The zero-order valence-corrected chi connectivity index (χ0v) is 37.0. The van der Waals surface area contributed by atoms with E-state index >= 15 is 0 Å². The number of sulfonamides is 1. The molecule has 12 nitrogen and oxygen atoms in total. The van der Waals surface area contributed by atoms with Crippen LogP contribution in [-0.4, -0.2) is 78.3 Å². The third-order valence-electron chi connectivity index (χ3n) is 10.1. The van der Waals surface area contributed by atoms with E-state index in [2.05, 4.69) is 63.9 Å². The number of carbonyl (C=O) groups excluding carboxylic acids is 2. The van der Waals surface area contributed by atoms with Gasteiger partial charge < -0.3 is 34.3 Å². The lowest BCUT2D eigenvalue weighted by Gasteiger charge is -2.17. The summed E-state index contributed by atoms with van der Waals surface area (Å²) < 4.78 is 52.7. The average molecular weight is 1000 g/mol. The number of nitrogens with zero attached hydrogens (tertiary/aromatic N) is 1. The molecule has 58 heavy (non-hydrogen) atoms. The number of phenolic OH excluding ortho intramolecular Hbond substituents is 1. The second-order valence-corrected chi connectivity index (χ2v) is 18.3. The molecule has 16 heteroatoms. The Kier molecular flexibility index (Phi) is 13.9. The molecule has 306 valence electrons. The van der Waals surface area contributed by atoms with Crippen LogP contribution in [0.4, 0.5) is 16.2 Å². The minimum Gasteiger partial charge on any atom is -0.506 e. The molecule has 0 spiro atoms. The highest BCUT2D eigenvalue weighted by molar-refractivity contribution is 9.11. The number of aromatic hydroxyl groups is 1. The molecule has 0 saturated carbocycles. The lowest BCUT2D eigenvalue weighted by molar-refractivity contribution is -0.113. The van der Waals surface area contributed by atoms with E-state index in [1.807, 2.05) is 18.2 Å². The van der Waals surface area contributed by atoms with Gasteiger partial charge in [0.05, 0.1) is 59.2 Å². The Balaban J connectivity index is 0.768. The third kappa shape index (κ3) is 9.97. The molecule has 4 aromatic carbocycles. The highest BCUT2D eigenvalue weighted by Gasteiger charge is 2.32. The molecular formula is C42H42Br3N3O9S. The molecule has 1 heterocycles. The van der Waals surface area contributed by atoms with Crippen LogP contribution in [0.2, 0.25) is 0 Å². The number of hydrogen-bond acceptors (Lipinski definition) is 9. The van der Waals surface area contributed by atoms with Crippen molar-refractivity contribution in [2.24, 2.45) is 0 Å². The molecular weight excluding hydrogens is 962 g/mol. The Labute approximate surface area is 362 Å². The van der Waals surface area contributed by atoms with Crippen LogP contribution in [0.5, 0.6) is 11.5 Å². The number of ether oxygens (including phenoxy) is 4. The molecule has 1 aliphatic heterocycles. The smallest absolute Gasteiger partial charge is 0.333 e. The lowest BCUT2D eigenvalue weighted by atomic mass is 9.99. The average Bonchev–Trinajstić information content (AvgIpc) is 3.93. The van der Waals surface area contributed by atoms with Gasteiger partial charge in [-0.15, -0.1) is 0 Å². The number of carbonyl (C=O) groups is 2. The first kappa shape index (κ1) is 42.4. The topological polar surface area (TPSA) is 153 Å². The number of hydrogen-bond donors (Lipinski definition) is 3. The number of urea groups is 1. The van der Waals surface area contributed by atoms with Crippen molar-refractivity contribution >= 4 is 92.8 Å². The summed E-state index contributed by atoms with van der Waals surface area (Å²) >= 11 is 10.2. The van der Waals surface area contributed by atoms with E-state index in [1.165, 1.54) is 35.4 Å². The molecule has 0 aromatic heterocycles. The highest BCUT2D eigenvalue weighted by atomic mass is 79.9. The van der Waals surface area contributed by atoms with Crippen molar-refractivity contribution in [2.45, 2.75) is 43.4 Å². The molecule has 0 unspecified atom stereocenters. The molecule has 4 aromatic rings. The Morgan fingerprint density at radius 2 is 1.38 bits per heavy atom. The number of phenols is 1. The third-order valence-corrected chi connectivity index (χ3v) is 13.2. The van der Waals surface area contributed by atoms with E-state index in [9.17, 15) is 23.1 Å². The fourth-order valence-electron chi connectivity index (χ4n) is 7.44. The molecule has 3 N–H and O–H groups in total. The number of benzene rings is 4. The van der Waals surface area contributed by atoms with Gasteiger partial charge in [0, 0.05) is 27.8 Å². The second kappa shape index (κ2) is 19.1. The lowest BCUT2D eigenvalue weighted by Crippen LogP contribution is -2.35. The summed E-state index contributed by atoms with van der Waals surface area (Å²) in [6.45, 7) is 2.63. The summed E-state index contributed by atoms with van der Waals surface area (Å²) in [4.78, 5) is 28.1. The van der Waals surface area contributed by atoms with Crippen molar-refractivity contribution in [3.8, 4) is 11.5 Å². The second-order valence-electron chi connectivity index (χ2n) is 14.0. The zero-order valence-electron chi connectivity index (χ0n) is 31.5. The number of amides is 3. The molecule has 3 aliphatic rings. The van der Waals surface area contributed by atoms with Gasteiger partial charge >= 0.3 is 6.03 Å². The molecule has 0 radical (unpaired) electrons. The van der Waals surface area contributed by atoms with Crippen LogP contribution in [0.1, 0.15) is 46.2 Å². The Hall–Kier alpha value is -3.77. The Morgan fingerprint density at radius 1 is 0.776 bits per heavy atom. The van der Waals surface area contributed by atoms with Crippen molar-refractivity contribution < 1.29 is 42.1 Å². The quantitative estimate of drug-likeness (QED) is 0.0703. The zero-order chi connectivity index (χ0) is 40.8. The predicted octanol–water partition coefficient (Wildman–Crippen LogP) is 8.18. The van der Waals surface area contributed by atoms with Crippen LogP contribution in [0.15, 0.2) is 79.0 Å². The molecule has 0 saturated heterocycles. The number of fused-ring (bicyclic) bond motifs is 3. The summed E-state index contributed by atoms with van der Waals surface area (Å²) in [6, 6.07) is 16.6. The van der Waals surface area contributed by atoms with E-state index in [-0.39, 0.29) is 23.2 Å². The number of nitrogens with one attached hydrogen (secondary N) is 2. The summed E-state index contributed by atoms with van der Waals surface area (Å²) in [5, 5.41) is 13.0. The van der Waals surface area contributed by atoms with Crippen molar-refractivity contribution in [2.75, 3.05) is 63.0 Å². The first-order valence-corrected chi connectivity index (χ1v) is 22.8. The molecule has 3 amide bonds. The van der Waals surface area contributed by atoms with Crippen molar-refractivity contribution in [3.63, 3.8) is 0 Å². The van der Waals surface area contributed by atoms with E-state index < -0.39 is 16.1 Å². The van der Waals surface area contributed by atoms with Crippen molar-refractivity contribution in [3.05, 3.63) is 107 Å². The molecule has 2 aliphatic carbocycles. The molecule has 0 fully saturated rings. The summed E-state index contributed by atoms with van der Waals surface area (Å²) in [6.07, 6.45) is 7.59. The fraction of sp³-hybridized carbons (Fsp3) is 0.333. The van der Waals surface area contributed by atoms with Gasteiger partial charge in [0.25, 0.3) is 15.9 Å². The molecule has 0 bridgehead atoms. The minimum absolute atomic E-state index is 0.0465. The summed E-state index contributed by atoms with van der Waals surface area (Å²) in [5.41, 5.74) is 8.44. The first-order chi connectivity index (χ1) is 28.0. The monoisotopic (exact) mass is 1000 g/mol. The van der Waals surface area contributed by atoms with E-state index in [1.54, 1.807) is 23.1 Å². The van der Waals surface area contributed by atoms with Crippen molar-refractivity contribution in [1.82, 2.24) is 4.72 Å². The molecule has 0 atom stereocenters. The van der Waals surface area contributed by atoms with Gasteiger partial charge in [-0.3, -0.25) is 4.79 Å². The van der Waals surface area contributed by atoms with Crippen LogP contribution in [-0.2, 0) is 54.7 Å². The van der Waals surface area contributed by atoms with Crippen LogP contribution >= 0.6 is 47.8 Å². The fourth-order valence-corrected chi connectivity index (χ4v) is 9.93. The number of anilines is 2. The Morgan fingerprint density at radius 3 is 2.02 bits per heavy atom. The van der Waals surface area contributed by atoms with Crippen LogP contribution in [0.3, 0.4) is 0 Å². The summed E-state index contributed by atoms with van der Waals surface area (Å²) in [7, 11) is -4.10. The largest absolute Gasteiger partial charge is 0.506 e. The standard InChI is InChI=1S/C42H42Br3N3O9S/c43-29-7-12-38-34(25-29)35(21-26-22-36(44)40(49)37(45)23-26)41(50)48(38)13-14-54-15-16-55-17-18-56-19-20-57-30-8-10-31(11-9-30)58(52,53)47-42(51)46-39-32-5-1-3-27(32)24-28-4-2-6-33(28)39/h7-12,21-25,49H,1-6,13-20H2,(H2,46,47,51)/b35-21+. The van der Waals surface area contributed by atoms with E-state index in [0.29, 0.717) is 66.5 Å². The predicted molar refractivity (Wildman–Crippen MR) is 232 cm³/mol. The van der Waals surface area contributed by atoms with Gasteiger partial charge in [-0.05, 0) is 159 Å². The maximum atomic E-state index is 13.5. The van der Waals surface area contributed by atoms with Crippen LogP contribution in [0.25, 0.3) is 11.6 Å². The molecule has 7 rings (SSSR count). The number of halogens is 3.